The Morgan fingerprint density at radius 1 is 0.853 bits per heavy atom. The number of carbonyl (C=O) groups excluding carboxylic acids is 1. The van der Waals surface area contributed by atoms with Gasteiger partial charge in [0.15, 0.2) is 0 Å². The van der Waals surface area contributed by atoms with Crippen molar-refractivity contribution in [2.45, 2.75) is 18.0 Å². The minimum absolute atomic E-state index is 0.125. The predicted molar refractivity (Wildman–Crippen MR) is 132 cm³/mol. The summed E-state index contributed by atoms with van der Waals surface area (Å²) < 4.78 is 29.0. The molecule has 0 spiro atoms. The van der Waals surface area contributed by atoms with Crippen LogP contribution in [0.2, 0.25) is 0 Å². The summed E-state index contributed by atoms with van der Waals surface area (Å²) >= 11 is 0. The molecule has 3 aromatic carbocycles. The minimum atomic E-state index is -3.73. The van der Waals surface area contributed by atoms with Crippen LogP contribution < -0.4 is 4.31 Å². The van der Waals surface area contributed by atoms with Crippen LogP contribution in [0.1, 0.15) is 21.5 Å². The number of carbonyl (C=O) groups is 1. The van der Waals surface area contributed by atoms with E-state index in [2.05, 4.69) is 5.10 Å². The second-order valence-corrected chi connectivity index (χ2v) is 9.99. The highest BCUT2D eigenvalue weighted by Gasteiger charge is 2.22. The first-order chi connectivity index (χ1) is 16.3. The Labute approximate surface area is 199 Å². The minimum Gasteiger partial charge on any atom is -0.337 e. The standard InChI is InChI=1S/C26H26N4O3S/c1-28(18-22-17-27-30(20-22)19-21-9-5-3-6-10-21)26(31)23-13-15-25(16-14-23)34(32,33)29(2)24-11-7-4-8-12-24/h3-17,20H,18-19H2,1-2H3. The van der Waals surface area contributed by atoms with E-state index in [1.807, 2.05) is 47.3 Å². The van der Waals surface area contributed by atoms with E-state index in [0.29, 0.717) is 24.3 Å². The summed E-state index contributed by atoms with van der Waals surface area (Å²) in [6.07, 6.45) is 3.67. The summed E-state index contributed by atoms with van der Waals surface area (Å²) in [4.78, 5) is 14.6. The summed E-state index contributed by atoms with van der Waals surface area (Å²) in [5.74, 6) is -0.198. The molecule has 4 aromatic rings. The summed E-state index contributed by atoms with van der Waals surface area (Å²) in [5, 5.41) is 4.38. The number of nitrogens with zero attached hydrogens (tertiary/aromatic N) is 4. The van der Waals surface area contributed by atoms with Crippen LogP contribution in [0.15, 0.2) is 102 Å². The zero-order chi connectivity index (χ0) is 24.1. The molecule has 0 bridgehead atoms. The van der Waals surface area contributed by atoms with Gasteiger partial charge in [-0.1, -0.05) is 48.5 Å². The predicted octanol–water partition coefficient (Wildman–Crippen LogP) is 4.03. The molecule has 7 nitrogen and oxygen atoms in total. The number of hydrogen-bond acceptors (Lipinski definition) is 4. The number of aromatic nitrogens is 2. The summed E-state index contributed by atoms with van der Waals surface area (Å²) in [6.45, 7) is 1.05. The van der Waals surface area contributed by atoms with Gasteiger partial charge in [0.1, 0.15) is 0 Å². The van der Waals surface area contributed by atoms with Crippen molar-refractivity contribution in [2.24, 2.45) is 0 Å². The molecule has 0 unspecified atom stereocenters. The Balaban J connectivity index is 1.41. The molecule has 4 rings (SSSR count). The molecule has 1 heterocycles. The number of amides is 1. The first-order valence-corrected chi connectivity index (χ1v) is 12.2. The van der Waals surface area contributed by atoms with E-state index in [4.69, 9.17) is 0 Å². The Morgan fingerprint density at radius 2 is 1.47 bits per heavy atom. The highest BCUT2D eigenvalue weighted by Crippen LogP contribution is 2.22. The molecular formula is C26H26N4O3S. The number of hydrogen-bond donors (Lipinski definition) is 0. The fourth-order valence-corrected chi connectivity index (χ4v) is 4.81. The van der Waals surface area contributed by atoms with Crippen LogP contribution in [-0.4, -0.2) is 43.1 Å². The van der Waals surface area contributed by atoms with Gasteiger partial charge in [-0.2, -0.15) is 5.10 Å². The van der Waals surface area contributed by atoms with Crippen LogP contribution in [0.5, 0.6) is 0 Å². The van der Waals surface area contributed by atoms with Crippen LogP contribution in [0.4, 0.5) is 5.69 Å². The lowest BCUT2D eigenvalue weighted by molar-refractivity contribution is 0.0785. The van der Waals surface area contributed by atoms with Gasteiger partial charge in [0, 0.05) is 38.0 Å². The lowest BCUT2D eigenvalue weighted by Gasteiger charge is -2.20. The van der Waals surface area contributed by atoms with Crippen molar-refractivity contribution >= 4 is 21.6 Å². The van der Waals surface area contributed by atoms with Crippen LogP contribution in [0, 0.1) is 0 Å². The molecule has 0 saturated heterocycles. The molecule has 0 aliphatic heterocycles. The second kappa shape index (κ2) is 9.93. The number of sulfonamides is 1. The molecule has 8 heteroatoms. The summed E-state index contributed by atoms with van der Waals surface area (Å²) in [6, 6.07) is 24.9. The Kier molecular flexibility index (Phi) is 6.79. The van der Waals surface area contributed by atoms with Crippen molar-refractivity contribution < 1.29 is 13.2 Å². The summed E-state index contributed by atoms with van der Waals surface area (Å²) in [5.41, 5.74) is 3.04. The van der Waals surface area contributed by atoms with Crippen molar-refractivity contribution in [3.8, 4) is 0 Å². The highest BCUT2D eigenvalue weighted by atomic mass is 32.2. The van der Waals surface area contributed by atoms with Crippen molar-refractivity contribution in [1.29, 1.82) is 0 Å². The van der Waals surface area contributed by atoms with E-state index in [1.54, 1.807) is 54.5 Å². The molecule has 174 valence electrons. The molecule has 0 fully saturated rings. The van der Waals surface area contributed by atoms with Gasteiger partial charge in [-0.05, 0) is 42.0 Å². The number of rotatable bonds is 8. The van der Waals surface area contributed by atoms with E-state index >= 15 is 0 Å². The van der Waals surface area contributed by atoms with Gasteiger partial charge < -0.3 is 4.90 Å². The third-order valence-electron chi connectivity index (χ3n) is 5.52. The van der Waals surface area contributed by atoms with Crippen molar-refractivity contribution in [3.05, 3.63) is 114 Å². The Hall–Kier alpha value is -3.91. The monoisotopic (exact) mass is 474 g/mol. The molecule has 0 aliphatic rings. The van der Waals surface area contributed by atoms with Gasteiger partial charge in [-0.25, -0.2) is 8.42 Å². The molecule has 0 aliphatic carbocycles. The number of benzene rings is 3. The van der Waals surface area contributed by atoms with Gasteiger partial charge in [-0.15, -0.1) is 0 Å². The van der Waals surface area contributed by atoms with Crippen LogP contribution >= 0.6 is 0 Å². The zero-order valence-corrected chi connectivity index (χ0v) is 19.9. The van der Waals surface area contributed by atoms with Gasteiger partial charge in [0.25, 0.3) is 15.9 Å². The van der Waals surface area contributed by atoms with E-state index in [-0.39, 0.29) is 10.8 Å². The van der Waals surface area contributed by atoms with Crippen molar-refractivity contribution in [2.75, 3.05) is 18.4 Å². The van der Waals surface area contributed by atoms with E-state index in [0.717, 1.165) is 11.1 Å². The van der Waals surface area contributed by atoms with Crippen molar-refractivity contribution in [3.63, 3.8) is 0 Å². The molecular weight excluding hydrogens is 448 g/mol. The second-order valence-electron chi connectivity index (χ2n) is 8.03. The van der Waals surface area contributed by atoms with Gasteiger partial charge in [0.05, 0.1) is 23.3 Å². The number of anilines is 1. The Bertz CT molecular complexity index is 1350. The number of para-hydroxylation sites is 1. The maximum Gasteiger partial charge on any atom is 0.264 e. The highest BCUT2D eigenvalue weighted by molar-refractivity contribution is 7.92. The fourth-order valence-electron chi connectivity index (χ4n) is 3.62. The average molecular weight is 475 g/mol. The van der Waals surface area contributed by atoms with Gasteiger partial charge >= 0.3 is 0 Å². The zero-order valence-electron chi connectivity index (χ0n) is 19.1. The maximum absolute atomic E-state index is 12.9. The third-order valence-corrected chi connectivity index (χ3v) is 7.32. The quantitative estimate of drug-likeness (QED) is 0.386. The van der Waals surface area contributed by atoms with Crippen LogP contribution in [-0.2, 0) is 23.1 Å². The molecule has 0 saturated carbocycles. The molecule has 1 amide bonds. The summed E-state index contributed by atoms with van der Waals surface area (Å²) in [7, 11) is -0.507. The van der Waals surface area contributed by atoms with E-state index in [9.17, 15) is 13.2 Å². The first kappa shape index (κ1) is 23.3. The first-order valence-electron chi connectivity index (χ1n) is 10.8. The van der Waals surface area contributed by atoms with E-state index < -0.39 is 10.0 Å². The SMILES string of the molecule is CN(Cc1cnn(Cc2ccccc2)c1)C(=O)c1ccc(S(=O)(=O)N(C)c2ccccc2)cc1. The molecule has 0 atom stereocenters. The lowest BCUT2D eigenvalue weighted by Crippen LogP contribution is -2.27. The van der Waals surface area contributed by atoms with Crippen molar-refractivity contribution in [1.82, 2.24) is 14.7 Å². The Morgan fingerprint density at radius 3 is 2.12 bits per heavy atom. The normalized spacial score (nSPS) is 11.2. The van der Waals surface area contributed by atoms with Gasteiger partial charge in [0.2, 0.25) is 0 Å². The van der Waals surface area contributed by atoms with Crippen LogP contribution in [0.25, 0.3) is 0 Å². The topological polar surface area (TPSA) is 75.5 Å². The molecule has 0 N–H and O–H groups in total. The van der Waals surface area contributed by atoms with Crippen LogP contribution in [0.3, 0.4) is 0 Å². The average Bonchev–Trinajstić information content (AvgIpc) is 3.30. The molecule has 0 radical (unpaired) electrons. The van der Waals surface area contributed by atoms with Gasteiger partial charge in [-0.3, -0.25) is 13.8 Å². The molecule has 34 heavy (non-hydrogen) atoms. The molecule has 1 aromatic heterocycles. The largest absolute Gasteiger partial charge is 0.337 e. The fraction of sp³-hybridized carbons (Fsp3) is 0.154. The maximum atomic E-state index is 12.9. The lowest BCUT2D eigenvalue weighted by atomic mass is 10.2. The third kappa shape index (κ3) is 5.18. The van der Waals surface area contributed by atoms with E-state index in [1.165, 1.54) is 23.5 Å². The smallest absolute Gasteiger partial charge is 0.264 e.